The van der Waals surface area contributed by atoms with Gasteiger partial charge in [0.2, 0.25) is 0 Å². The number of amides is 3. The number of nitrogens with one attached hydrogen (secondary N) is 2. The molecule has 3 aromatic rings. The predicted octanol–water partition coefficient (Wildman–Crippen LogP) is 3.89. The molecular formula is C34H35N5O6. The molecule has 3 N–H and O–H groups in total. The second-order valence-electron chi connectivity index (χ2n) is 11.2. The lowest BCUT2D eigenvalue weighted by atomic mass is 10.0. The summed E-state index contributed by atoms with van der Waals surface area (Å²) in [5.41, 5.74) is 4.07. The number of ether oxygens (including phenoxy) is 1. The number of aliphatic carboxylic acids is 1. The molecule has 3 amide bonds. The van der Waals surface area contributed by atoms with Crippen LogP contribution in [-0.2, 0) is 14.3 Å². The molecular weight excluding hydrogens is 574 g/mol. The summed E-state index contributed by atoms with van der Waals surface area (Å²) in [6, 6.07) is 20.2. The number of rotatable bonds is 9. The van der Waals surface area contributed by atoms with Crippen molar-refractivity contribution in [1.29, 1.82) is 5.26 Å². The third-order valence-electron chi connectivity index (χ3n) is 8.07. The van der Waals surface area contributed by atoms with Crippen LogP contribution in [0.25, 0.3) is 0 Å². The molecule has 0 aromatic heterocycles. The van der Waals surface area contributed by atoms with E-state index in [-0.39, 0.29) is 23.8 Å². The highest BCUT2D eigenvalue weighted by molar-refractivity contribution is 6.01. The first-order chi connectivity index (χ1) is 21.7. The van der Waals surface area contributed by atoms with Gasteiger partial charge in [-0.05, 0) is 67.8 Å². The minimum Gasteiger partial charge on any atom is -0.481 e. The van der Waals surface area contributed by atoms with Crippen LogP contribution in [-0.4, -0.2) is 72.6 Å². The first-order valence-corrected chi connectivity index (χ1v) is 14.9. The van der Waals surface area contributed by atoms with Crippen LogP contribution in [0.2, 0.25) is 0 Å². The molecule has 0 saturated carbocycles. The van der Waals surface area contributed by atoms with Gasteiger partial charge < -0.3 is 30.3 Å². The number of anilines is 2. The third-order valence-corrected chi connectivity index (χ3v) is 8.07. The smallest absolute Gasteiger partial charge is 0.305 e. The molecule has 2 aliphatic heterocycles. The Balaban J connectivity index is 1.34. The SMILES string of the molecule is Cc1ccc(C(CC(=O)O)NC(=O)c2ccc(N3CCN(C(=O)c4ccc(C#N)cc4)CC3)c(NC(=O)C3CCCO3)c2)cc1. The van der Waals surface area contributed by atoms with Gasteiger partial charge in [0.1, 0.15) is 6.10 Å². The Morgan fingerprint density at radius 3 is 2.29 bits per heavy atom. The van der Waals surface area contributed by atoms with E-state index < -0.39 is 24.0 Å². The highest BCUT2D eigenvalue weighted by Crippen LogP contribution is 2.30. The molecule has 0 spiro atoms. The van der Waals surface area contributed by atoms with E-state index >= 15 is 0 Å². The molecule has 45 heavy (non-hydrogen) atoms. The summed E-state index contributed by atoms with van der Waals surface area (Å²) in [5, 5.41) is 24.3. The fourth-order valence-corrected chi connectivity index (χ4v) is 5.54. The van der Waals surface area contributed by atoms with Gasteiger partial charge in [-0.2, -0.15) is 5.26 Å². The zero-order valence-electron chi connectivity index (χ0n) is 25.0. The number of carboxylic acids is 1. The quantitative estimate of drug-likeness (QED) is 0.331. The number of carboxylic acid groups (broad SMARTS) is 1. The zero-order chi connectivity index (χ0) is 31.9. The largest absolute Gasteiger partial charge is 0.481 e. The number of hydrogen-bond acceptors (Lipinski definition) is 7. The second-order valence-corrected chi connectivity index (χ2v) is 11.2. The van der Waals surface area contributed by atoms with E-state index in [0.29, 0.717) is 67.3 Å². The molecule has 5 rings (SSSR count). The minimum atomic E-state index is -1.04. The van der Waals surface area contributed by atoms with E-state index in [0.717, 1.165) is 12.0 Å². The van der Waals surface area contributed by atoms with Crippen molar-refractivity contribution >= 4 is 35.1 Å². The molecule has 3 aromatic carbocycles. The number of hydrogen-bond donors (Lipinski definition) is 3. The van der Waals surface area contributed by atoms with Crippen molar-refractivity contribution in [2.75, 3.05) is 43.0 Å². The Hall–Kier alpha value is -5.21. The van der Waals surface area contributed by atoms with E-state index in [9.17, 15) is 24.3 Å². The Morgan fingerprint density at radius 1 is 0.978 bits per heavy atom. The van der Waals surface area contributed by atoms with Gasteiger partial charge in [0.05, 0.1) is 35.5 Å². The monoisotopic (exact) mass is 609 g/mol. The third kappa shape index (κ3) is 7.66. The second kappa shape index (κ2) is 14.1. The van der Waals surface area contributed by atoms with Crippen molar-refractivity contribution in [1.82, 2.24) is 10.2 Å². The van der Waals surface area contributed by atoms with Crippen LogP contribution in [0.15, 0.2) is 66.7 Å². The Morgan fingerprint density at radius 2 is 1.67 bits per heavy atom. The molecule has 11 nitrogen and oxygen atoms in total. The number of benzene rings is 3. The number of nitriles is 1. The van der Waals surface area contributed by atoms with Gasteiger partial charge >= 0.3 is 5.97 Å². The standard InChI is InChI=1S/C34H35N5O6/c1-22-4-8-24(9-5-22)27(20-31(40)41)36-32(42)26-12-13-29(28(19-26)37-33(43)30-3-2-18-45-30)38-14-16-39(17-15-38)34(44)25-10-6-23(21-35)7-11-25/h4-13,19,27,30H,2-3,14-18,20H2,1H3,(H,36,42)(H,37,43)(H,40,41). The number of piperazine rings is 1. The fraction of sp³-hybridized carbons (Fsp3) is 0.324. The van der Waals surface area contributed by atoms with Gasteiger partial charge in [-0.1, -0.05) is 29.8 Å². The summed E-state index contributed by atoms with van der Waals surface area (Å²) in [4.78, 5) is 55.0. The Bertz CT molecular complexity index is 1600. The Labute approximate surface area is 261 Å². The molecule has 232 valence electrons. The molecule has 0 radical (unpaired) electrons. The van der Waals surface area contributed by atoms with Crippen LogP contribution in [0.4, 0.5) is 11.4 Å². The van der Waals surface area contributed by atoms with Crippen molar-refractivity contribution in [2.24, 2.45) is 0 Å². The van der Waals surface area contributed by atoms with E-state index in [1.165, 1.54) is 0 Å². The average molecular weight is 610 g/mol. The topological polar surface area (TPSA) is 152 Å². The molecule has 2 unspecified atom stereocenters. The molecule has 0 aliphatic carbocycles. The van der Waals surface area contributed by atoms with E-state index in [1.807, 2.05) is 19.1 Å². The van der Waals surface area contributed by atoms with Gasteiger partial charge in [0.25, 0.3) is 17.7 Å². The molecule has 2 atom stereocenters. The summed E-state index contributed by atoms with van der Waals surface area (Å²) >= 11 is 0. The molecule has 11 heteroatoms. The van der Waals surface area contributed by atoms with Crippen LogP contribution < -0.4 is 15.5 Å². The van der Waals surface area contributed by atoms with E-state index in [2.05, 4.69) is 21.6 Å². The predicted molar refractivity (Wildman–Crippen MR) is 167 cm³/mol. The van der Waals surface area contributed by atoms with Crippen molar-refractivity contribution in [3.05, 3.63) is 94.5 Å². The lowest BCUT2D eigenvalue weighted by Crippen LogP contribution is -2.49. The van der Waals surface area contributed by atoms with E-state index in [4.69, 9.17) is 10.00 Å². The normalized spacial score (nSPS) is 16.8. The number of nitrogens with zero attached hydrogens (tertiary/aromatic N) is 3. The van der Waals surface area contributed by atoms with Crippen molar-refractivity contribution in [2.45, 2.75) is 38.3 Å². The number of carbonyl (C=O) groups is 4. The first-order valence-electron chi connectivity index (χ1n) is 14.9. The van der Waals surface area contributed by atoms with Crippen molar-refractivity contribution in [3.63, 3.8) is 0 Å². The maximum atomic E-state index is 13.4. The van der Waals surface area contributed by atoms with Crippen molar-refractivity contribution < 1.29 is 29.0 Å². The van der Waals surface area contributed by atoms with Crippen molar-refractivity contribution in [3.8, 4) is 6.07 Å². The summed E-state index contributed by atoms with van der Waals surface area (Å²) in [6.45, 7) is 4.29. The van der Waals surface area contributed by atoms with Gasteiger partial charge in [0.15, 0.2) is 0 Å². The fourth-order valence-electron chi connectivity index (χ4n) is 5.54. The molecule has 2 fully saturated rings. The highest BCUT2D eigenvalue weighted by atomic mass is 16.5. The summed E-state index contributed by atoms with van der Waals surface area (Å²) in [5.74, 6) is -1.94. The van der Waals surface area contributed by atoms with Gasteiger partial charge in [-0.15, -0.1) is 0 Å². The average Bonchev–Trinajstić information content (AvgIpc) is 3.60. The molecule has 0 bridgehead atoms. The van der Waals surface area contributed by atoms with E-state index in [1.54, 1.807) is 59.5 Å². The van der Waals surface area contributed by atoms with Crippen LogP contribution in [0.3, 0.4) is 0 Å². The highest BCUT2D eigenvalue weighted by Gasteiger charge is 2.28. The summed E-state index contributed by atoms with van der Waals surface area (Å²) < 4.78 is 5.57. The summed E-state index contributed by atoms with van der Waals surface area (Å²) in [7, 11) is 0. The maximum absolute atomic E-state index is 13.4. The molecule has 2 aliphatic rings. The molecule has 2 heterocycles. The number of aryl methyl sites for hydroxylation is 1. The summed E-state index contributed by atoms with van der Waals surface area (Å²) in [6.07, 6.45) is 0.511. The lowest BCUT2D eigenvalue weighted by molar-refractivity contribution is -0.137. The zero-order valence-corrected chi connectivity index (χ0v) is 25.0. The lowest BCUT2D eigenvalue weighted by Gasteiger charge is -2.37. The van der Waals surface area contributed by atoms with Gasteiger partial charge in [-0.3, -0.25) is 19.2 Å². The van der Waals surface area contributed by atoms with Crippen LogP contribution >= 0.6 is 0 Å². The minimum absolute atomic E-state index is 0.123. The first kappa shape index (κ1) is 31.2. The van der Waals surface area contributed by atoms with Gasteiger partial charge in [-0.25, -0.2) is 0 Å². The van der Waals surface area contributed by atoms with Crippen LogP contribution in [0.5, 0.6) is 0 Å². The Kier molecular flexibility index (Phi) is 9.75. The van der Waals surface area contributed by atoms with Crippen LogP contribution in [0, 0.1) is 18.3 Å². The van der Waals surface area contributed by atoms with Crippen LogP contribution in [0.1, 0.15) is 62.7 Å². The number of carbonyl (C=O) groups excluding carboxylic acids is 3. The molecule has 2 saturated heterocycles. The van der Waals surface area contributed by atoms with Gasteiger partial charge in [0, 0.05) is 43.9 Å². The maximum Gasteiger partial charge on any atom is 0.305 e.